The lowest BCUT2D eigenvalue weighted by atomic mass is 10.2. The third-order valence-corrected chi connectivity index (χ3v) is 2.90. The Bertz CT molecular complexity index is 428. The molecule has 3 heteroatoms. The van der Waals surface area contributed by atoms with E-state index in [4.69, 9.17) is 5.73 Å². The fourth-order valence-corrected chi connectivity index (χ4v) is 1.95. The molecule has 1 aromatic carbocycles. The summed E-state index contributed by atoms with van der Waals surface area (Å²) < 4.78 is 0. The highest BCUT2D eigenvalue weighted by Gasteiger charge is 1.97. The molecule has 0 fully saturated rings. The van der Waals surface area contributed by atoms with Gasteiger partial charge in [-0.1, -0.05) is 24.3 Å². The zero-order valence-corrected chi connectivity index (χ0v) is 8.63. The van der Waals surface area contributed by atoms with E-state index in [-0.39, 0.29) is 0 Å². The smallest absolute Gasteiger partial charge is 0.0968 e. The molecule has 0 unspecified atom stereocenters. The summed E-state index contributed by atoms with van der Waals surface area (Å²) in [5.74, 6) is 0.922. The minimum absolute atomic E-state index is 0.694. The average Bonchev–Trinajstić information content (AvgIpc) is 2.26. The molecular formula is C11H12N2S. The molecule has 2 N–H and O–H groups in total. The monoisotopic (exact) mass is 204 g/mol. The van der Waals surface area contributed by atoms with Crippen molar-refractivity contribution in [1.82, 2.24) is 4.98 Å². The predicted molar refractivity (Wildman–Crippen MR) is 61.5 cm³/mol. The van der Waals surface area contributed by atoms with Crippen LogP contribution in [0.25, 0.3) is 10.9 Å². The lowest BCUT2D eigenvalue weighted by molar-refractivity contribution is 1.13. The molecule has 0 aliphatic rings. The molecule has 2 nitrogen and oxygen atoms in total. The molecule has 0 saturated heterocycles. The van der Waals surface area contributed by atoms with Crippen molar-refractivity contribution in [2.24, 2.45) is 5.73 Å². The number of thioether (sulfide) groups is 1. The summed E-state index contributed by atoms with van der Waals surface area (Å²) in [6.45, 7) is 0.694. The van der Waals surface area contributed by atoms with Crippen LogP contribution in [0.5, 0.6) is 0 Å². The number of nitrogens with two attached hydrogens (primary N) is 1. The minimum atomic E-state index is 0.694. The average molecular weight is 204 g/mol. The van der Waals surface area contributed by atoms with Crippen molar-refractivity contribution < 1.29 is 0 Å². The number of pyridine rings is 1. The molecule has 14 heavy (non-hydrogen) atoms. The van der Waals surface area contributed by atoms with Gasteiger partial charge in [0.15, 0.2) is 0 Å². The Morgan fingerprint density at radius 3 is 2.86 bits per heavy atom. The molecule has 0 aliphatic carbocycles. The number of hydrogen-bond acceptors (Lipinski definition) is 3. The van der Waals surface area contributed by atoms with E-state index in [9.17, 15) is 0 Å². The van der Waals surface area contributed by atoms with Crippen LogP contribution >= 0.6 is 11.8 Å². The highest BCUT2D eigenvalue weighted by molar-refractivity contribution is 7.99. The van der Waals surface area contributed by atoms with Gasteiger partial charge in [-0.15, -0.1) is 11.8 Å². The van der Waals surface area contributed by atoms with Crippen molar-refractivity contribution in [1.29, 1.82) is 0 Å². The lowest BCUT2D eigenvalue weighted by Crippen LogP contribution is -2.01. The van der Waals surface area contributed by atoms with Gasteiger partial charge in [0.25, 0.3) is 0 Å². The van der Waals surface area contributed by atoms with E-state index in [0.717, 1.165) is 16.3 Å². The van der Waals surface area contributed by atoms with E-state index < -0.39 is 0 Å². The van der Waals surface area contributed by atoms with Crippen LogP contribution in [0.4, 0.5) is 0 Å². The summed E-state index contributed by atoms with van der Waals surface area (Å²) in [5, 5.41) is 2.23. The zero-order valence-electron chi connectivity index (χ0n) is 7.81. The maximum Gasteiger partial charge on any atom is 0.0968 e. The van der Waals surface area contributed by atoms with Crippen LogP contribution in [0.15, 0.2) is 41.4 Å². The molecule has 2 rings (SSSR count). The second-order valence-electron chi connectivity index (χ2n) is 2.98. The van der Waals surface area contributed by atoms with Gasteiger partial charge in [0, 0.05) is 17.7 Å². The van der Waals surface area contributed by atoms with Crippen LogP contribution < -0.4 is 5.73 Å². The van der Waals surface area contributed by atoms with Crippen molar-refractivity contribution >= 4 is 22.7 Å². The van der Waals surface area contributed by atoms with E-state index in [2.05, 4.69) is 17.1 Å². The SMILES string of the molecule is NCCSc1ccc2ccccc2n1. The van der Waals surface area contributed by atoms with Gasteiger partial charge in [-0.2, -0.15) is 0 Å². The van der Waals surface area contributed by atoms with Crippen LogP contribution in [0, 0.1) is 0 Å². The zero-order chi connectivity index (χ0) is 9.80. The minimum Gasteiger partial charge on any atom is -0.330 e. The maximum atomic E-state index is 5.44. The molecule has 2 aromatic rings. The second-order valence-corrected chi connectivity index (χ2v) is 4.09. The van der Waals surface area contributed by atoms with Gasteiger partial charge < -0.3 is 5.73 Å². The number of aromatic nitrogens is 1. The fourth-order valence-electron chi connectivity index (χ4n) is 1.29. The molecule has 1 aromatic heterocycles. The Morgan fingerprint density at radius 2 is 2.00 bits per heavy atom. The topological polar surface area (TPSA) is 38.9 Å². The van der Waals surface area contributed by atoms with Crippen molar-refractivity contribution in [2.45, 2.75) is 5.03 Å². The van der Waals surface area contributed by atoms with Gasteiger partial charge in [-0.3, -0.25) is 0 Å². The quantitative estimate of drug-likeness (QED) is 0.780. The molecule has 0 spiro atoms. The lowest BCUT2D eigenvalue weighted by Gasteiger charge is -2.00. The third-order valence-electron chi connectivity index (χ3n) is 1.94. The van der Waals surface area contributed by atoms with Crippen LogP contribution in [0.1, 0.15) is 0 Å². The molecule has 0 radical (unpaired) electrons. The summed E-state index contributed by atoms with van der Waals surface area (Å²) in [6, 6.07) is 12.3. The van der Waals surface area contributed by atoms with E-state index in [1.807, 2.05) is 24.3 Å². The molecule has 0 saturated carbocycles. The summed E-state index contributed by atoms with van der Waals surface area (Å²) in [5.41, 5.74) is 6.49. The van der Waals surface area contributed by atoms with Gasteiger partial charge >= 0.3 is 0 Å². The molecule has 0 atom stereocenters. The van der Waals surface area contributed by atoms with Crippen LogP contribution in [-0.2, 0) is 0 Å². The molecule has 0 amide bonds. The number of rotatable bonds is 3. The van der Waals surface area contributed by atoms with Crippen molar-refractivity contribution in [3.63, 3.8) is 0 Å². The van der Waals surface area contributed by atoms with Crippen LogP contribution in [-0.4, -0.2) is 17.3 Å². The van der Waals surface area contributed by atoms with Gasteiger partial charge in [0.1, 0.15) is 0 Å². The maximum absolute atomic E-state index is 5.44. The first-order chi connectivity index (χ1) is 6.90. The Morgan fingerprint density at radius 1 is 1.14 bits per heavy atom. The van der Waals surface area contributed by atoms with Gasteiger partial charge in [-0.05, 0) is 12.1 Å². The number of benzene rings is 1. The summed E-state index contributed by atoms with van der Waals surface area (Å²) in [6.07, 6.45) is 0. The predicted octanol–water partition coefficient (Wildman–Crippen LogP) is 2.29. The van der Waals surface area contributed by atoms with Gasteiger partial charge in [0.2, 0.25) is 0 Å². The summed E-state index contributed by atoms with van der Waals surface area (Å²) in [4.78, 5) is 4.52. The van der Waals surface area contributed by atoms with Gasteiger partial charge in [0.05, 0.1) is 10.5 Å². The Hall–Kier alpha value is -1.06. The van der Waals surface area contributed by atoms with Gasteiger partial charge in [-0.25, -0.2) is 4.98 Å². The largest absolute Gasteiger partial charge is 0.330 e. The standard InChI is InChI=1S/C11H12N2S/c12-7-8-14-11-6-5-9-3-1-2-4-10(9)13-11/h1-6H,7-8,12H2. The number of para-hydroxylation sites is 1. The highest BCUT2D eigenvalue weighted by Crippen LogP contribution is 2.18. The van der Waals surface area contributed by atoms with E-state index in [0.29, 0.717) is 6.54 Å². The molecular weight excluding hydrogens is 192 g/mol. The molecule has 0 aliphatic heterocycles. The Labute approximate surface area is 87.5 Å². The number of hydrogen-bond donors (Lipinski definition) is 1. The molecule has 1 heterocycles. The first kappa shape index (κ1) is 9.49. The first-order valence-corrected chi connectivity index (χ1v) is 5.57. The highest BCUT2D eigenvalue weighted by atomic mass is 32.2. The van der Waals surface area contributed by atoms with Crippen molar-refractivity contribution in [3.8, 4) is 0 Å². The van der Waals surface area contributed by atoms with Crippen LogP contribution in [0.3, 0.4) is 0 Å². The summed E-state index contributed by atoms with van der Waals surface area (Å²) in [7, 11) is 0. The first-order valence-electron chi connectivity index (χ1n) is 4.59. The normalized spacial score (nSPS) is 10.6. The van der Waals surface area contributed by atoms with Crippen LogP contribution in [0.2, 0.25) is 0 Å². The summed E-state index contributed by atoms with van der Waals surface area (Å²) >= 11 is 1.70. The van der Waals surface area contributed by atoms with E-state index in [1.54, 1.807) is 11.8 Å². The second kappa shape index (κ2) is 4.44. The van der Waals surface area contributed by atoms with Crippen molar-refractivity contribution in [2.75, 3.05) is 12.3 Å². The Kier molecular flexibility index (Phi) is 3.01. The third kappa shape index (κ3) is 2.05. The molecule has 72 valence electrons. The van der Waals surface area contributed by atoms with E-state index in [1.165, 1.54) is 5.39 Å². The molecule has 0 bridgehead atoms. The number of fused-ring (bicyclic) bond motifs is 1. The van der Waals surface area contributed by atoms with E-state index >= 15 is 0 Å². The number of nitrogens with zero attached hydrogens (tertiary/aromatic N) is 1. The Balaban J connectivity index is 2.32. The fraction of sp³-hybridized carbons (Fsp3) is 0.182. The van der Waals surface area contributed by atoms with Crippen molar-refractivity contribution in [3.05, 3.63) is 36.4 Å².